The molecular weight excluding hydrogens is 234 g/mol. The quantitative estimate of drug-likeness (QED) is 0.779. The molecule has 0 aliphatic rings. The van der Waals surface area contributed by atoms with E-state index in [1.54, 1.807) is 25.4 Å². The maximum absolute atomic E-state index is 11.5. The summed E-state index contributed by atoms with van der Waals surface area (Å²) in [6, 6.07) is 3.42. The molecule has 0 atom stereocenters. The predicted molar refractivity (Wildman–Crippen MR) is 67.8 cm³/mol. The minimum absolute atomic E-state index is 0.0610. The predicted octanol–water partition coefficient (Wildman–Crippen LogP) is 0.742. The van der Waals surface area contributed by atoms with E-state index in [0.29, 0.717) is 18.8 Å². The van der Waals surface area contributed by atoms with Crippen LogP contribution < -0.4 is 10.2 Å². The second kappa shape index (κ2) is 6.58. The third-order valence-corrected chi connectivity index (χ3v) is 2.55. The van der Waals surface area contributed by atoms with Gasteiger partial charge in [-0.05, 0) is 19.1 Å². The lowest BCUT2D eigenvalue weighted by Crippen LogP contribution is -2.26. The number of aromatic nitrogens is 1. The van der Waals surface area contributed by atoms with Gasteiger partial charge < -0.3 is 15.3 Å². The van der Waals surface area contributed by atoms with Gasteiger partial charge >= 0.3 is 5.97 Å². The van der Waals surface area contributed by atoms with Crippen molar-refractivity contribution in [3.8, 4) is 0 Å². The fraction of sp³-hybridized carbons (Fsp3) is 0.417. The van der Waals surface area contributed by atoms with E-state index < -0.39 is 5.97 Å². The molecule has 1 heterocycles. The summed E-state index contributed by atoms with van der Waals surface area (Å²) in [5, 5.41) is 11.2. The Morgan fingerprint density at radius 2 is 2.22 bits per heavy atom. The molecule has 1 amide bonds. The lowest BCUT2D eigenvalue weighted by Gasteiger charge is -2.22. The molecular formula is C12H17N3O3. The topological polar surface area (TPSA) is 82.5 Å². The van der Waals surface area contributed by atoms with Gasteiger partial charge in [-0.25, -0.2) is 0 Å². The standard InChI is InChI=1S/C12H17N3O3/c1-3-15(7-5-11(16)17)9-4-6-14-10(8-9)12(18)13-2/h4,6,8H,3,5,7H2,1-2H3,(H,13,18)(H,16,17). The molecule has 1 aromatic heterocycles. The Morgan fingerprint density at radius 1 is 1.50 bits per heavy atom. The van der Waals surface area contributed by atoms with Crippen molar-refractivity contribution in [3.05, 3.63) is 24.0 Å². The zero-order valence-corrected chi connectivity index (χ0v) is 10.5. The van der Waals surface area contributed by atoms with Crippen LogP contribution in [-0.2, 0) is 4.79 Å². The first-order valence-electron chi connectivity index (χ1n) is 5.73. The second-order valence-corrected chi connectivity index (χ2v) is 3.70. The van der Waals surface area contributed by atoms with Gasteiger partial charge in [0.25, 0.3) is 5.91 Å². The van der Waals surface area contributed by atoms with Crippen molar-refractivity contribution in [2.24, 2.45) is 0 Å². The van der Waals surface area contributed by atoms with E-state index in [-0.39, 0.29) is 12.3 Å². The second-order valence-electron chi connectivity index (χ2n) is 3.70. The van der Waals surface area contributed by atoms with Gasteiger partial charge in [0.15, 0.2) is 0 Å². The van der Waals surface area contributed by atoms with Crippen molar-refractivity contribution >= 4 is 17.6 Å². The Balaban J connectivity index is 2.85. The molecule has 0 unspecified atom stereocenters. The SMILES string of the molecule is CCN(CCC(=O)O)c1ccnc(C(=O)NC)c1. The van der Waals surface area contributed by atoms with Crippen molar-refractivity contribution in [1.29, 1.82) is 0 Å². The Kier molecular flexibility index (Phi) is 5.10. The first kappa shape index (κ1) is 14.0. The van der Waals surface area contributed by atoms with Gasteiger partial charge in [0, 0.05) is 32.0 Å². The molecule has 0 radical (unpaired) electrons. The molecule has 0 aromatic carbocycles. The summed E-state index contributed by atoms with van der Waals surface area (Å²) >= 11 is 0. The summed E-state index contributed by atoms with van der Waals surface area (Å²) < 4.78 is 0. The smallest absolute Gasteiger partial charge is 0.305 e. The average molecular weight is 251 g/mol. The van der Waals surface area contributed by atoms with Crippen molar-refractivity contribution in [1.82, 2.24) is 10.3 Å². The number of carbonyl (C=O) groups is 2. The molecule has 1 rings (SSSR count). The summed E-state index contributed by atoms with van der Waals surface area (Å²) in [6.45, 7) is 3.01. The maximum Gasteiger partial charge on any atom is 0.305 e. The molecule has 6 heteroatoms. The molecule has 0 spiro atoms. The molecule has 0 saturated carbocycles. The summed E-state index contributed by atoms with van der Waals surface area (Å²) in [7, 11) is 1.54. The third kappa shape index (κ3) is 3.73. The number of hydrogen-bond acceptors (Lipinski definition) is 4. The van der Waals surface area contributed by atoms with E-state index in [9.17, 15) is 9.59 Å². The summed E-state index contributed by atoms with van der Waals surface area (Å²) in [6.07, 6.45) is 1.61. The van der Waals surface area contributed by atoms with Gasteiger partial charge in [0.2, 0.25) is 0 Å². The summed E-state index contributed by atoms with van der Waals surface area (Å²) in [5.74, 6) is -1.10. The van der Waals surface area contributed by atoms with Crippen LogP contribution >= 0.6 is 0 Å². The number of rotatable bonds is 6. The Morgan fingerprint density at radius 3 is 2.78 bits per heavy atom. The van der Waals surface area contributed by atoms with Gasteiger partial charge in [-0.1, -0.05) is 0 Å². The van der Waals surface area contributed by atoms with Crippen LogP contribution in [0.15, 0.2) is 18.3 Å². The summed E-state index contributed by atoms with van der Waals surface area (Å²) in [5.41, 5.74) is 1.12. The lowest BCUT2D eigenvalue weighted by atomic mass is 10.2. The number of carbonyl (C=O) groups excluding carboxylic acids is 1. The zero-order valence-electron chi connectivity index (χ0n) is 10.5. The highest BCUT2D eigenvalue weighted by Crippen LogP contribution is 2.14. The van der Waals surface area contributed by atoms with Crippen LogP contribution in [0.5, 0.6) is 0 Å². The van der Waals surface area contributed by atoms with Gasteiger partial charge in [0.1, 0.15) is 5.69 Å². The summed E-state index contributed by atoms with van der Waals surface area (Å²) in [4.78, 5) is 27.9. The Labute approximate surface area is 106 Å². The number of carboxylic acid groups (broad SMARTS) is 1. The van der Waals surface area contributed by atoms with E-state index in [2.05, 4.69) is 10.3 Å². The van der Waals surface area contributed by atoms with Crippen LogP contribution in [0, 0.1) is 0 Å². The molecule has 0 saturated heterocycles. The number of nitrogens with zero attached hydrogens (tertiary/aromatic N) is 2. The number of nitrogens with one attached hydrogen (secondary N) is 1. The average Bonchev–Trinajstić information content (AvgIpc) is 2.38. The van der Waals surface area contributed by atoms with Crippen LogP contribution in [0.3, 0.4) is 0 Å². The van der Waals surface area contributed by atoms with E-state index >= 15 is 0 Å². The van der Waals surface area contributed by atoms with Gasteiger partial charge in [-0.3, -0.25) is 14.6 Å². The zero-order chi connectivity index (χ0) is 13.5. The normalized spacial score (nSPS) is 9.89. The fourth-order valence-electron chi connectivity index (χ4n) is 1.57. The van der Waals surface area contributed by atoms with Crippen molar-refractivity contribution < 1.29 is 14.7 Å². The van der Waals surface area contributed by atoms with Gasteiger partial charge in [-0.15, -0.1) is 0 Å². The Bertz CT molecular complexity index is 434. The largest absolute Gasteiger partial charge is 0.481 e. The number of carboxylic acids is 1. The first-order chi connectivity index (χ1) is 8.58. The molecule has 0 aliphatic carbocycles. The van der Waals surface area contributed by atoms with Crippen molar-refractivity contribution in [2.45, 2.75) is 13.3 Å². The van der Waals surface area contributed by atoms with E-state index in [4.69, 9.17) is 5.11 Å². The number of anilines is 1. The molecule has 18 heavy (non-hydrogen) atoms. The van der Waals surface area contributed by atoms with E-state index in [0.717, 1.165) is 5.69 Å². The monoisotopic (exact) mass is 251 g/mol. The minimum atomic E-state index is -0.839. The first-order valence-corrected chi connectivity index (χ1v) is 5.73. The van der Waals surface area contributed by atoms with Crippen molar-refractivity contribution in [2.75, 3.05) is 25.0 Å². The highest BCUT2D eigenvalue weighted by Gasteiger charge is 2.10. The van der Waals surface area contributed by atoms with Crippen LogP contribution in [0.2, 0.25) is 0 Å². The van der Waals surface area contributed by atoms with Crippen LogP contribution in [-0.4, -0.2) is 42.1 Å². The molecule has 1 aromatic rings. The number of amides is 1. The highest BCUT2D eigenvalue weighted by atomic mass is 16.4. The van der Waals surface area contributed by atoms with E-state index in [1.165, 1.54) is 0 Å². The molecule has 98 valence electrons. The molecule has 0 bridgehead atoms. The van der Waals surface area contributed by atoms with Gasteiger partial charge in [-0.2, -0.15) is 0 Å². The number of pyridine rings is 1. The lowest BCUT2D eigenvalue weighted by molar-refractivity contribution is -0.136. The molecule has 0 aliphatic heterocycles. The maximum atomic E-state index is 11.5. The van der Waals surface area contributed by atoms with Crippen molar-refractivity contribution in [3.63, 3.8) is 0 Å². The Hall–Kier alpha value is -2.11. The van der Waals surface area contributed by atoms with Gasteiger partial charge in [0.05, 0.1) is 6.42 Å². The molecule has 2 N–H and O–H groups in total. The number of hydrogen-bond donors (Lipinski definition) is 2. The minimum Gasteiger partial charge on any atom is -0.481 e. The molecule has 0 fully saturated rings. The van der Waals surface area contributed by atoms with Crippen LogP contribution in [0.25, 0.3) is 0 Å². The third-order valence-electron chi connectivity index (χ3n) is 2.55. The van der Waals surface area contributed by atoms with E-state index in [1.807, 2.05) is 11.8 Å². The highest BCUT2D eigenvalue weighted by molar-refractivity contribution is 5.92. The molecule has 6 nitrogen and oxygen atoms in total. The van der Waals surface area contributed by atoms with Crippen LogP contribution in [0.1, 0.15) is 23.8 Å². The van der Waals surface area contributed by atoms with Crippen LogP contribution in [0.4, 0.5) is 5.69 Å². The number of aliphatic carboxylic acids is 1. The fourth-order valence-corrected chi connectivity index (χ4v) is 1.57.